The summed E-state index contributed by atoms with van der Waals surface area (Å²) in [4.78, 5) is 0. The van der Waals surface area contributed by atoms with Crippen LogP contribution in [-0.2, 0) is 17.9 Å². The first-order chi connectivity index (χ1) is 9.52. The van der Waals surface area contributed by atoms with Gasteiger partial charge in [-0.2, -0.15) is 0 Å². The molecule has 1 aromatic carbocycles. The molecule has 1 N–H and O–H groups in total. The average Bonchev–Trinajstić information content (AvgIpc) is 2.69. The standard InChI is InChI=1S/C15H19Cl2NO2/c1-9(2)6-18-7-14-12(8-19-3)11-4-10(16)5-13(17)15(11)20-14/h4-5,9,18H,6-8H2,1-3H3. The molecule has 20 heavy (non-hydrogen) atoms. The quantitative estimate of drug-likeness (QED) is 0.843. The predicted molar refractivity (Wildman–Crippen MR) is 83.5 cm³/mol. The van der Waals surface area contributed by atoms with Crippen molar-refractivity contribution in [2.24, 2.45) is 5.92 Å². The van der Waals surface area contributed by atoms with Crippen molar-refractivity contribution in [3.8, 4) is 0 Å². The van der Waals surface area contributed by atoms with Gasteiger partial charge in [0, 0.05) is 23.1 Å². The third-order valence-corrected chi connectivity index (χ3v) is 3.52. The Labute approximate surface area is 129 Å². The summed E-state index contributed by atoms with van der Waals surface area (Å²) in [6, 6.07) is 3.56. The van der Waals surface area contributed by atoms with Gasteiger partial charge in [0.15, 0.2) is 5.58 Å². The van der Waals surface area contributed by atoms with Crippen molar-refractivity contribution in [1.82, 2.24) is 5.32 Å². The second kappa shape index (κ2) is 6.81. The lowest BCUT2D eigenvalue weighted by Gasteiger charge is -2.07. The van der Waals surface area contributed by atoms with E-state index < -0.39 is 0 Å². The highest BCUT2D eigenvalue weighted by atomic mass is 35.5. The molecule has 0 unspecified atom stereocenters. The van der Waals surface area contributed by atoms with Crippen LogP contribution in [0.4, 0.5) is 0 Å². The molecule has 1 heterocycles. The maximum Gasteiger partial charge on any atom is 0.153 e. The van der Waals surface area contributed by atoms with Crippen LogP contribution in [0.25, 0.3) is 11.0 Å². The van der Waals surface area contributed by atoms with Crippen molar-refractivity contribution < 1.29 is 9.15 Å². The van der Waals surface area contributed by atoms with E-state index in [9.17, 15) is 0 Å². The topological polar surface area (TPSA) is 34.4 Å². The van der Waals surface area contributed by atoms with Crippen LogP contribution < -0.4 is 5.32 Å². The summed E-state index contributed by atoms with van der Waals surface area (Å²) in [7, 11) is 1.66. The van der Waals surface area contributed by atoms with Crippen molar-refractivity contribution in [2.75, 3.05) is 13.7 Å². The van der Waals surface area contributed by atoms with E-state index >= 15 is 0 Å². The van der Waals surface area contributed by atoms with Gasteiger partial charge in [-0.05, 0) is 24.6 Å². The molecule has 0 radical (unpaired) electrons. The highest BCUT2D eigenvalue weighted by Gasteiger charge is 2.17. The maximum absolute atomic E-state index is 6.19. The van der Waals surface area contributed by atoms with E-state index in [0.717, 1.165) is 23.3 Å². The Hall–Kier alpha value is -0.740. The molecular formula is C15H19Cl2NO2. The Kier molecular flexibility index (Phi) is 5.33. The Morgan fingerprint density at radius 2 is 2.05 bits per heavy atom. The van der Waals surface area contributed by atoms with Crippen LogP contribution in [0.1, 0.15) is 25.2 Å². The summed E-state index contributed by atoms with van der Waals surface area (Å²) >= 11 is 12.3. The number of methoxy groups -OCH3 is 1. The lowest BCUT2D eigenvalue weighted by atomic mass is 10.1. The van der Waals surface area contributed by atoms with Gasteiger partial charge in [-0.15, -0.1) is 0 Å². The molecule has 110 valence electrons. The van der Waals surface area contributed by atoms with Crippen LogP contribution in [0.2, 0.25) is 10.0 Å². The monoisotopic (exact) mass is 315 g/mol. The molecule has 0 atom stereocenters. The van der Waals surface area contributed by atoms with E-state index in [4.69, 9.17) is 32.4 Å². The molecule has 2 rings (SSSR count). The van der Waals surface area contributed by atoms with Gasteiger partial charge in [-0.3, -0.25) is 0 Å². The van der Waals surface area contributed by atoms with E-state index in [-0.39, 0.29) is 0 Å². The molecule has 0 fully saturated rings. The van der Waals surface area contributed by atoms with Crippen molar-refractivity contribution >= 4 is 34.2 Å². The fourth-order valence-corrected chi connectivity index (χ4v) is 2.67. The van der Waals surface area contributed by atoms with Crippen molar-refractivity contribution in [2.45, 2.75) is 27.0 Å². The number of hydrogen-bond acceptors (Lipinski definition) is 3. The van der Waals surface area contributed by atoms with Gasteiger partial charge in [0.25, 0.3) is 0 Å². The molecule has 0 aliphatic heterocycles. The smallest absolute Gasteiger partial charge is 0.153 e. The van der Waals surface area contributed by atoms with E-state index in [1.807, 2.05) is 6.07 Å². The summed E-state index contributed by atoms with van der Waals surface area (Å²) in [6.45, 7) is 6.39. The van der Waals surface area contributed by atoms with Crippen molar-refractivity contribution in [3.05, 3.63) is 33.5 Å². The van der Waals surface area contributed by atoms with Crippen molar-refractivity contribution in [3.63, 3.8) is 0 Å². The number of rotatable bonds is 6. The first kappa shape index (κ1) is 15.6. The van der Waals surface area contributed by atoms with Gasteiger partial charge >= 0.3 is 0 Å². The molecule has 0 aliphatic rings. The Balaban J connectivity index is 2.37. The molecular weight excluding hydrogens is 297 g/mol. The first-order valence-corrected chi connectivity index (χ1v) is 7.37. The van der Waals surface area contributed by atoms with E-state index in [2.05, 4.69) is 19.2 Å². The van der Waals surface area contributed by atoms with Gasteiger partial charge in [-0.1, -0.05) is 37.0 Å². The second-order valence-electron chi connectivity index (χ2n) is 5.23. The highest BCUT2D eigenvalue weighted by Crippen LogP contribution is 2.34. The summed E-state index contributed by atoms with van der Waals surface area (Å²) in [5.74, 6) is 1.44. The zero-order valence-corrected chi connectivity index (χ0v) is 13.4. The fourth-order valence-electron chi connectivity index (χ4n) is 2.14. The Bertz CT molecular complexity index is 593. The number of nitrogens with one attached hydrogen (secondary N) is 1. The number of ether oxygens (including phenoxy) is 1. The molecule has 0 bridgehead atoms. The van der Waals surface area contributed by atoms with Gasteiger partial charge in [0.1, 0.15) is 5.76 Å². The number of halogens is 2. The summed E-state index contributed by atoms with van der Waals surface area (Å²) in [5, 5.41) is 5.42. The van der Waals surface area contributed by atoms with E-state index in [1.165, 1.54) is 0 Å². The maximum atomic E-state index is 6.19. The third kappa shape index (κ3) is 3.47. The van der Waals surface area contributed by atoms with Gasteiger partial charge in [0.05, 0.1) is 18.2 Å². The number of fused-ring (bicyclic) bond motifs is 1. The zero-order chi connectivity index (χ0) is 14.7. The van der Waals surface area contributed by atoms with Gasteiger partial charge in [-0.25, -0.2) is 0 Å². The van der Waals surface area contributed by atoms with E-state index in [0.29, 0.717) is 34.7 Å². The molecule has 3 nitrogen and oxygen atoms in total. The lowest BCUT2D eigenvalue weighted by molar-refractivity contribution is 0.183. The van der Waals surface area contributed by atoms with Crippen LogP contribution in [-0.4, -0.2) is 13.7 Å². The minimum atomic E-state index is 0.475. The molecule has 2 aromatic rings. The molecule has 1 aromatic heterocycles. The minimum Gasteiger partial charge on any atom is -0.458 e. The fraction of sp³-hybridized carbons (Fsp3) is 0.467. The summed E-state index contributed by atoms with van der Waals surface area (Å²) in [6.07, 6.45) is 0. The summed E-state index contributed by atoms with van der Waals surface area (Å²) in [5.41, 5.74) is 1.67. The van der Waals surface area contributed by atoms with E-state index in [1.54, 1.807) is 13.2 Å². The van der Waals surface area contributed by atoms with Crippen LogP contribution in [0.3, 0.4) is 0 Å². The molecule has 0 spiro atoms. The Morgan fingerprint density at radius 1 is 1.30 bits per heavy atom. The first-order valence-electron chi connectivity index (χ1n) is 6.61. The zero-order valence-electron chi connectivity index (χ0n) is 11.9. The summed E-state index contributed by atoms with van der Waals surface area (Å²) < 4.78 is 11.2. The van der Waals surface area contributed by atoms with Crippen LogP contribution in [0.15, 0.2) is 16.5 Å². The minimum absolute atomic E-state index is 0.475. The average molecular weight is 316 g/mol. The number of benzene rings is 1. The second-order valence-corrected chi connectivity index (χ2v) is 6.07. The third-order valence-electron chi connectivity index (χ3n) is 3.02. The number of furan rings is 1. The van der Waals surface area contributed by atoms with Gasteiger partial charge in [0.2, 0.25) is 0 Å². The molecule has 5 heteroatoms. The largest absolute Gasteiger partial charge is 0.458 e. The van der Waals surface area contributed by atoms with Crippen LogP contribution >= 0.6 is 23.2 Å². The van der Waals surface area contributed by atoms with Gasteiger partial charge < -0.3 is 14.5 Å². The van der Waals surface area contributed by atoms with Crippen LogP contribution in [0, 0.1) is 5.92 Å². The van der Waals surface area contributed by atoms with Crippen molar-refractivity contribution in [1.29, 1.82) is 0 Å². The number of hydrogen-bond donors (Lipinski definition) is 1. The Morgan fingerprint density at radius 3 is 2.70 bits per heavy atom. The SMILES string of the molecule is COCc1c(CNCC(C)C)oc2c(Cl)cc(Cl)cc12. The molecule has 0 aliphatic carbocycles. The normalized spacial score (nSPS) is 11.7. The lowest BCUT2D eigenvalue weighted by Crippen LogP contribution is -2.19. The molecule has 0 saturated heterocycles. The highest BCUT2D eigenvalue weighted by molar-refractivity contribution is 6.38. The molecule has 0 saturated carbocycles. The van der Waals surface area contributed by atoms with Crippen LogP contribution in [0.5, 0.6) is 0 Å². The molecule has 0 amide bonds. The predicted octanol–water partition coefficient (Wildman–Crippen LogP) is 4.63.